The van der Waals surface area contributed by atoms with Gasteiger partial charge in [0.25, 0.3) is 0 Å². The minimum atomic E-state index is -0.240. The van der Waals surface area contributed by atoms with Crippen molar-refractivity contribution in [2.75, 3.05) is 6.61 Å². The molecule has 0 N–H and O–H groups in total. The van der Waals surface area contributed by atoms with Crippen molar-refractivity contribution in [2.24, 2.45) is 5.92 Å². The molecule has 0 aromatic rings. The molecule has 0 spiro atoms. The molecule has 1 atom stereocenters. The van der Waals surface area contributed by atoms with Crippen molar-refractivity contribution in [3.05, 3.63) is 0 Å². The molecule has 0 aliphatic rings. The van der Waals surface area contributed by atoms with Crippen LogP contribution in [0, 0.1) is 5.92 Å². The number of hydrogen-bond donors (Lipinski definition) is 0. The second-order valence-electron chi connectivity index (χ2n) is 4.25. The van der Waals surface area contributed by atoms with Gasteiger partial charge in [0.2, 0.25) is 0 Å². The smallest absolute Gasteiger partial charge is 0.302 e. The van der Waals surface area contributed by atoms with Crippen LogP contribution < -0.4 is 0 Å². The van der Waals surface area contributed by atoms with E-state index in [1.807, 2.05) is 0 Å². The molecule has 0 aliphatic heterocycles. The first-order valence-electron chi connectivity index (χ1n) is 6.27. The molecule has 0 bridgehead atoms. The van der Waals surface area contributed by atoms with Crippen LogP contribution in [0.5, 0.6) is 0 Å². The van der Waals surface area contributed by atoms with Crippen molar-refractivity contribution in [1.29, 1.82) is 0 Å². The highest BCUT2D eigenvalue weighted by Gasteiger charge is 2.08. The maximum Gasteiger partial charge on any atom is 0.302 e. The van der Waals surface area contributed by atoms with Gasteiger partial charge in [-0.2, -0.15) is 0 Å². The van der Waals surface area contributed by atoms with Crippen LogP contribution in [0.2, 0.25) is 0 Å². The summed E-state index contributed by atoms with van der Waals surface area (Å²) in [7, 11) is 0. The second kappa shape index (κ2) is 10.7. The van der Waals surface area contributed by atoms with Crippen molar-refractivity contribution >= 4 is 12.3 Å². The van der Waals surface area contributed by atoms with E-state index in [1.165, 1.54) is 32.6 Å². The average molecular weight is 228 g/mol. The van der Waals surface area contributed by atoms with Crippen molar-refractivity contribution < 1.29 is 14.3 Å². The zero-order valence-corrected chi connectivity index (χ0v) is 10.5. The van der Waals surface area contributed by atoms with Crippen LogP contribution in [0.4, 0.5) is 0 Å². The minimum absolute atomic E-state index is 0.240. The number of carbonyl (C=O) groups is 2. The van der Waals surface area contributed by atoms with Gasteiger partial charge in [-0.25, -0.2) is 0 Å². The molecule has 16 heavy (non-hydrogen) atoms. The van der Waals surface area contributed by atoms with Gasteiger partial charge in [0, 0.05) is 13.3 Å². The third kappa shape index (κ3) is 9.69. The lowest BCUT2D eigenvalue weighted by Crippen LogP contribution is -2.08. The van der Waals surface area contributed by atoms with Crippen LogP contribution in [0.15, 0.2) is 0 Å². The monoisotopic (exact) mass is 228 g/mol. The van der Waals surface area contributed by atoms with E-state index in [-0.39, 0.29) is 5.97 Å². The molecule has 0 radical (unpaired) electrons. The van der Waals surface area contributed by atoms with Gasteiger partial charge in [0.05, 0.1) is 6.61 Å². The Hall–Kier alpha value is -0.860. The van der Waals surface area contributed by atoms with Gasteiger partial charge in [-0.15, -0.1) is 0 Å². The van der Waals surface area contributed by atoms with Crippen molar-refractivity contribution in [2.45, 2.75) is 58.8 Å². The van der Waals surface area contributed by atoms with E-state index in [0.717, 1.165) is 19.1 Å². The topological polar surface area (TPSA) is 43.4 Å². The Labute approximate surface area is 98.6 Å². The van der Waals surface area contributed by atoms with E-state index in [9.17, 15) is 9.59 Å². The molecular weight excluding hydrogens is 204 g/mol. The van der Waals surface area contributed by atoms with Gasteiger partial charge in [-0.1, -0.05) is 32.6 Å². The Balaban J connectivity index is 3.61. The molecule has 0 aliphatic carbocycles. The second-order valence-corrected chi connectivity index (χ2v) is 4.25. The molecule has 0 rings (SSSR count). The average Bonchev–Trinajstić information content (AvgIpc) is 2.23. The SMILES string of the molecule is CCCCCCC(CC=O)CCOC(C)=O. The minimum Gasteiger partial charge on any atom is -0.466 e. The van der Waals surface area contributed by atoms with Gasteiger partial charge < -0.3 is 9.53 Å². The Bertz CT molecular complexity index is 190. The highest BCUT2D eigenvalue weighted by molar-refractivity contribution is 5.65. The standard InChI is InChI=1S/C13H24O3/c1-3-4-5-6-7-13(8-10-14)9-11-16-12(2)15/h10,13H,3-9,11H2,1-2H3. The maximum atomic E-state index is 10.6. The molecule has 0 saturated heterocycles. The zero-order chi connectivity index (χ0) is 12.2. The molecule has 3 nitrogen and oxygen atoms in total. The van der Waals surface area contributed by atoms with E-state index in [2.05, 4.69) is 6.92 Å². The highest BCUT2D eigenvalue weighted by atomic mass is 16.5. The normalized spacial score (nSPS) is 12.1. The van der Waals surface area contributed by atoms with E-state index in [4.69, 9.17) is 4.74 Å². The first-order chi connectivity index (χ1) is 7.70. The van der Waals surface area contributed by atoms with E-state index >= 15 is 0 Å². The Kier molecular flexibility index (Phi) is 10.1. The summed E-state index contributed by atoms with van der Waals surface area (Å²) in [5, 5.41) is 0. The van der Waals surface area contributed by atoms with Crippen molar-refractivity contribution in [3.63, 3.8) is 0 Å². The lowest BCUT2D eigenvalue weighted by atomic mass is 9.95. The summed E-state index contributed by atoms with van der Waals surface area (Å²) in [6.07, 6.45) is 8.34. The predicted molar refractivity (Wildman–Crippen MR) is 64.2 cm³/mol. The van der Waals surface area contributed by atoms with Gasteiger partial charge in [-0.05, 0) is 18.8 Å². The Morgan fingerprint density at radius 3 is 2.56 bits per heavy atom. The van der Waals surface area contributed by atoms with Gasteiger partial charge >= 0.3 is 5.97 Å². The van der Waals surface area contributed by atoms with Crippen LogP contribution in [0.25, 0.3) is 0 Å². The number of aldehydes is 1. The number of ether oxygens (including phenoxy) is 1. The number of hydrogen-bond acceptors (Lipinski definition) is 3. The lowest BCUT2D eigenvalue weighted by molar-refractivity contribution is -0.141. The number of carbonyl (C=O) groups excluding carboxylic acids is 2. The fourth-order valence-corrected chi connectivity index (χ4v) is 1.75. The molecule has 0 aromatic heterocycles. The third-order valence-electron chi connectivity index (χ3n) is 2.73. The molecule has 0 heterocycles. The van der Waals surface area contributed by atoms with E-state index in [1.54, 1.807) is 0 Å². The summed E-state index contributed by atoms with van der Waals surface area (Å²) < 4.78 is 4.89. The molecule has 0 amide bonds. The largest absolute Gasteiger partial charge is 0.466 e. The Morgan fingerprint density at radius 1 is 1.25 bits per heavy atom. The molecule has 3 heteroatoms. The lowest BCUT2D eigenvalue weighted by Gasteiger charge is -2.13. The maximum absolute atomic E-state index is 10.6. The van der Waals surface area contributed by atoms with E-state index < -0.39 is 0 Å². The number of esters is 1. The quantitative estimate of drug-likeness (QED) is 0.328. The van der Waals surface area contributed by atoms with Gasteiger partial charge in [-0.3, -0.25) is 4.79 Å². The van der Waals surface area contributed by atoms with Crippen LogP contribution in [0.3, 0.4) is 0 Å². The summed E-state index contributed by atoms with van der Waals surface area (Å²) in [6, 6.07) is 0. The molecule has 0 aromatic carbocycles. The first-order valence-corrected chi connectivity index (χ1v) is 6.27. The van der Waals surface area contributed by atoms with Crippen LogP contribution in [-0.2, 0) is 14.3 Å². The number of unbranched alkanes of at least 4 members (excludes halogenated alkanes) is 3. The summed E-state index contributed by atoms with van der Waals surface area (Å²) in [5.74, 6) is 0.143. The van der Waals surface area contributed by atoms with Crippen LogP contribution in [-0.4, -0.2) is 18.9 Å². The van der Waals surface area contributed by atoms with Crippen molar-refractivity contribution in [3.8, 4) is 0 Å². The fraction of sp³-hybridized carbons (Fsp3) is 0.846. The van der Waals surface area contributed by atoms with E-state index in [0.29, 0.717) is 18.9 Å². The molecular formula is C13H24O3. The predicted octanol–water partition coefficient (Wildman–Crippen LogP) is 3.12. The molecule has 0 saturated carbocycles. The Morgan fingerprint density at radius 2 is 2.00 bits per heavy atom. The third-order valence-corrected chi connectivity index (χ3v) is 2.73. The van der Waals surface area contributed by atoms with Crippen LogP contribution in [0.1, 0.15) is 58.8 Å². The molecule has 94 valence electrons. The van der Waals surface area contributed by atoms with Gasteiger partial charge in [0.1, 0.15) is 6.29 Å². The summed E-state index contributed by atoms with van der Waals surface area (Å²) in [5.41, 5.74) is 0. The molecule has 0 fully saturated rings. The summed E-state index contributed by atoms with van der Waals surface area (Å²) in [6.45, 7) is 4.04. The van der Waals surface area contributed by atoms with Gasteiger partial charge in [0.15, 0.2) is 0 Å². The highest BCUT2D eigenvalue weighted by Crippen LogP contribution is 2.17. The summed E-state index contributed by atoms with van der Waals surface area (Å²) in [4.78, 5) is 21.1. The molecule has 1 unspecified atom stereocenters. The van der Waals surface area contributed by atoms with Crippen LogP contribution >= 0.6 is 0 Å². The van der Waals surface area contributed by atoms with Crippen molar-refractivity contribution in [1.82, 2.24) is 0 Å². The first kappa shape index (κ1) is 15.1. The fourth-order valence-electron chi connectivity index (χ4n) is 1.75. The summed E-state index contributed by atoms with van der Waals surface area (Å²) >= 11 is 0. The number of rotatable bonds is 10. The zero-order valence-electron chi connectivity index (χ0n) is 10.5.